The molecule has 0 unspecified atom stereocenters. The van der Waals surface area contributed by atoms with Crippen molar-refractivity contribution in [2.45, 2.75) is 25.5 Å². The van der Waals surface area contributed by atoms with Gasteiger partial charge in [-0.05, 0) is 49.2 Å². The van der Waals surface area contributed by atoms with E-state index in [0.717, 1.165) is 19.4 Å². The molecule has 0 amide bonds. The predicted octanol–water partition coefficient (Wildman–Crippen LogP) is 4.19. The first-order valence-electron chi connectivity index (χ1n) is 9.63. The highest BCUT2D eigenvalue weighted by Crippen LogP contribution is 2.22. The molecule has 0 bridgehead atoms. The summed E-state index contributed by atoms with van der Waals surface area (Å²) >= 11 is 12.2. The maximum Gasteiger partial charge on any atom is 0.264 e. The first-order chi connectivity index (χ1) is 14.5. The third-order valence-electron chi connectivity index (χ3n) is 5.37. The molecule has 0 spiro atoms. The fourth-order valence-electron chi connectivity index (χ4n) is 3.90. The predicted molar refractivity (Wildman–Crippen MR) is 118 cm³/mol. The molecule has 0 aliphatic carbocycles. The molecule has 1 atom stereocenters. The van der Waals surface area contributed by atoms with E-state index in [2.05, 4.69) is 4.98 Å². The highest BCUT2D eigenvalue weighted by Gasteiger charge is 2.17. The number of fused-ring (bicyclic) bond motifs is 2. The van der Waals surface area contributed by atoms with Crippen LogP contribution < -0.4 is 11.1 Å². The van der Waals surface area contributed by atoms with E-state index in [0.29, 0.717) is 44.1 Å². The number of halogens is 2. The maximum atomic E-state index is 13.2. The number of hydrogen-bond donors (Lipinski definition) is 0. The van der Waals surface area contributed by atoms with Crippen LogP contribution in [0.1, 0.15) is 12.8 Å². The number of nitrogens with zero attached hydrogens (tertiary/aromatic N) is 3. The summed E-state index contributed by atoms with van der Waals surface area (Å²) in [6.07, 6.45) is 5.35. The van der Waals surface area contributed by atoms with Gasteiger partial charge in [0.15, 0.2) is 0 Å². The zero-order valence-corrected chi connectivity index (χ0v) is 17.4. The van der Waals surface area contributed by atoms with Crippen LogP contribution >= 0.6 is 23.2 Å². The van der Waals surface area contributed by atoms with Crippen molar-refractivity contribution in [2.24, 2.45) is 0 Å². The van der Waals surface area contributed by atoms with Gasteiger partial charge in [0.25, 0.3) is 11.1 Å². The lowest BCUT2D eigenvalue weighted by Crippen LogP contribution is -2.26. The molecule has 5 rings (SSSR count). The van der Waals surface area contributed by atoms with Crippen molar-refractivity contribution in [1.82, 2.24) is 14.1 Å². The number of rotatable bonds is 3. The van der Waals surface area contributed by atoms with Crippen LogP contribution in [0.4, 0.5) is 0 Å². The van der Waals surface area contributed by atoms with Gasteiger partial charge in [0.05, 0.1) is 40.1 Å². The van der Waals surface area contributed by atoms with E-state index >= 15 is 0 Å². The molecule has 0 radical (unpaired) electrons. The quantitative estimate of drug-likeness (QED) is 0.447. The molecule has 0 N–H and O–H groups in total. The van der Waals surface area contributed by atoms with E-state index in [1.165, 1.54) is 4.57 Å². The average molecular weight is 442 g/mol. The molecule has 30 heavy (non-hydrogen) atoms. The first-order valence-corrected chi connectivity index (χ1v) is 10.4. The number of ether oxygens (including phenoxy) is 1. The van der Waals surface area contributed by atoms with Crippen molar-refractivity contribution in [1.29, 1.82) is 0 Å². The van der Waals surface area contributed by atoms with Gasteiger partial charge < -0.3 is 9.30 Å². The van der Waals surface area contributed by atoms with Crippen molar-refractivity contribution in [2.75, 3.05) is 6.61 Å². The standard InChI is InChI=1S/C22H17Cl2N3O3/c23-13-8-14(24)10-15(9-13)27-6-4-20-18(22(27)29)11-17-19(25-20)3-5-26(21(17)28)12-16-2-1-7-30-16/h3-6,8-11,16H,1-2,7,12H2/t16-/m1/s1. The minimum atomic E-state index is -0.297. The Balaban J connectivity index is 1.68. The molecule has 1 fully saturated rings. The van der Waals surface area contributed by atoms with E-state index in [-0.39, 0.29) is 17.2 Å². The lowest BCUT2D eigenvalue weighted by Gasteiger charge is -2.13. The normalized spacial score (nSPS) is 16.5. The second-order valence-corrected chi connectivity index (χ2v) is 8.25. The van der Waals surface area contributed by atoms with E-state index < -0.39 is 0 Å². The van der Waals surface area contributed by atoms with Crippen LogP contribution in [0.3, 0.4) is 0 Å². The fraction of sp³-hybridized carbons (Fsp3) is 0.227. The molecule has 1 aliphatic heterocycles. The smallest absolute Gasteiger partial charge is 0.264 e. The van der Waals surface area contributed by atoms with Crippen LogP contribution in [0.25, 0.3) is 27.5 Å². The van der Waals surface area contributed by atoms with Crippen molar-refractivity contribution in [3.63, 3.8) is 0 Å². The van der Waals surface area contributed by atoms with Crippen molar-refractivity contribution in [3.8, 4) is 5.69 Å². The number of benzene rings is 1. The number of aromatic nitrogens is 3. The third kappa shape index (κ3) is 3.41. The molecule has 3 aromatic heterocycles. The van der Waals surface area contributed by atoms with Gasteiger partial charge in [-0.25, -0.2) is 4.98 Å². The molecule has 4 aromatic rings. The van der Waals surface area contributed by atoms with Crippen molar-refractivity contribution in [3.05, 3.63) is 79.5 Å². The summed E-state index contributed by atoms with van der Waals surface area (Å²) in [6.45, 7) is 1.22. The topological polar surface area (TPSA) is 66.1 Å². The van der Waals surface area contributed by atoms with Crippen LogP contribution in [0.2, 0.25) is 10.0 Å². The minimum absolute atomic E-state index is 0.0402. The summed E-state index contributed by atoms with van der Waals surface area (Å²) in [5.74, 6) is 0. The van der Waals surface area contributed by atoms with E-state index in [9.17, 15) is 9.59 Å². The molecule has 1 aromatic carbocycles. The van der Waals surface area contributed by atoms with Gasteiger partial charge in [0.1, 0.15) is 0 Å². The first kappa shape index (κ1) is 19.3. The Morgan fingerprint density at radius 2 is 1.67 bits per heavy atom. The van der Waals surface area contributed by atoms with Gasteiger partial charge in [-0.2, -0.15) is 0 Å². The molecular formula is C22H17Cl2N3O3. The molecule has 1 aliphatic rings. The van der Waals surface area contributed by atoms with E-state index in [4.69, 9.17) is 27.9 Å². The van der Waals surface area contributed by atoms with Gasteiger partial charge in [0.2, 0.25) is 0 Å². The van der Waals surface area contributed by atoms with E-state index in [1.54, 1.807) is 53.4 Å². The van der Waals surface area contributed by atoms with Crippen LogP contribution in [0.15, 0.2) is 58.4 Å². The zero-order chi connectivity index (χ0) is 20.8. The number of pyridine rings is 3. The Morgan fingerprint density at radius 1 is 0.967 bits per heavy atom. The Kier molecular flexibility index (Phi) is 4.85. The second-order valence-electron chi connectivity index (χ2n) is 7.38. The Hall–Kier alpha value is -2.67. The molecular weight excluding hydrogens is 425 g/mol. The summed E-state index contributed by atoms with van der Waals surface area (Å²) in [6, 6.07) is 10.1. The summed E-state index contributed by atoms with van der Waals surface area (Å²) in [7, 11) is 0. The van der Waals surface area contributed by atoms with Crippen LogP contribution in [0.5, 0.6) is 0 Å². The second kappa shape index (κ2) is 7.54. The number of hydrogen-bond acceptors (Lipinski definition) is 4. The van der Waals surface area contributed by atoms with E-state index in [1.807, 2.05) is 0 Å². The highest BCUT2D eigenvalue weighted by molar-refractivity contribution is 6.34. The Morgan fingerprint density at radius 3 is 2.37 bits per heavy atom. The summed E-state index contributed by atoms with van der Waals surface area (Å²) in [4.78, 5) is 30.7. The monoisotopic (exact) mass is 441 g/mol. The Bertz CT molecular complexity index is 1380. The summed E-state index contributed by atoms with van der Waals surface area (Å²) < 4.78 is 8.72. The molecule has 6 nitrogen and oxygen atoms in total. The third-order valence-corrected chi connectivity index (χ3v) is 5.80. The average Bonchev–Trinajstić information content (AvgIpc) is 3.22. The van der Waals surface area contributed by atoms with Gasteiger partial charge in [-0.3, -0.25) is 14.2 Å². The molecule has 8 heteroatoms. The minimum Gasteiger partial charge on any atom is -0.376 e. The molecule has 152 valence electrons. The van der Waals surface area contributed by atoms with Gasteiger partial charge in [0, 0.05) is 29.0 Å². The fourth-order valence-corrected chi connectivity index (χ4v) is 4.41. The van der Waals surface area contributed by atoms with Gasteiger partial charge in [-0.15, -0.1) is 0 Å². The molecule has 0 saturated carbocycles. The van der Waals surface area contributed by atoms with Crippen LogP contribution in [-0.2, 0) is 11.3 Å². The lowest BCUT2D eigenvalue weighted by atomic mass is 10.1. The molecule has 1 saturated heterocycles. The SMILES string of the molecule is O=c1c2cc3c(=O)n(-c4cc(Cl)cc(Cl)c4)ccc3nc2ccn1C[C@H]1CCCO1. The zero-order valence-electron chi connectivity index (χ0n) is 15.8. The summed E-state index contributed by atoms with van der Waals surface area (Å²) in [5, 5.41) is 1.62. The Labute approximate surface area is 181 Å². The molecule has 4 heterocycles. The largest absolute Gasteiger partial charge is 0.376 e. The van der Waals surface area contributed by atoms with Crippen LogP contribution in [-0.4, -0.2) is 26.8 Å². The van der Waals surface area contributed by atoms with Gasteiger partial charge >= 0.3 is 0 Å². The summed E-state index contributed by atoms with van der Waals surface area (Å²) in [5.41, 5.74) is 1.14. The van der Waals surface area contributed by atoms with Crippen molar-refractivity contribution >= 4 is 45.0 Å². The van der Waals surface area contributed by atoms with Crippen molar-refractivity contribution < 1.29 is 4.74 Å². The van der Waals surface area contributed by atoms with Gasteiger partial charge in [-0.1, -0.05) is 23.2 Å². The van der Waals surface area contributed by atoms with Crippen LogP contribution in [0, 0.1) is 0 Å². The maximum absolute atomic E-state index is 13.2. The highest BCUT2D eigenvalue weighted by atomic mass is 35.5. The lowest BCUT2D eigenvalue weighted by molar-refractivity contribution is 0.0963.